The van der Waals surface area contributed by atoms with Crippen molar-refractivity contribution in [1.82, 2.24) is 15.2 Å². The van der Waals surface area contributed by atoms with Gasteiger partial charge in [-0.15, -0.1) is 0 Å². The summed E-state index contributed by atoms with van der Waals surface area (Å²) in [5, 5.41) is 4.57. The summed E-state index contributed by atoms with van der Waals surface area (Å²) in [6.45, 7) is 6.35. The molecule has 102 valence electrons. The van der Waals surface area contributed by atoms with E-state index in [9.17, 15) is 0 Å². The molecule has 3 N–H and O–H groups in total. The van der Waals surface area contributed by atoms with Crippen LogP contribution in [0.5, 0.6) is 0 Å². The van der Waals surface area contributed by atoms with E-state index in [2.05, 4.69) is 49.5 Å². The number of aryl methyl sites for hydroxylation is 1. The summed E-state index contributed by atoms with van der Waals surface area (Å²) in [6.07, 6.45) is 2.81. The molecular weight excluding hydrogens is 236 g/mol. The number of hydrazine groups is 1. The maximum Gasteiger partial charge on any atom is 0.0644 e. The normalized spacial score (nSPS) is 12.9. The topological polar surface area (TPSA) is 55.9 Å². The number of hydrogen-bond donors (Lipinski definition) is 2. The Bertz CT molecular complexity index is 530. The first kappa shape index (κ1) is 13.8. The van der Waals surface area contributed by atoms with E-state index in [1.54, 1.807) is 0 Å². The van der Waals surface area contributed by atoms with Crippen LogP contribution < -0.4 is 11.3 Å². The van der Waals surface area contributed by atoms with Gasteiger partial charge in [0, 0.05) is 18.7 Å². The second-order valence-corrected chi connectivity index (χ2v) is 5.16. The molecule has 2 rings (SSSR count). The van der Waals surface area contributed by atoms with E-state index in [4.69, 9.17) is 5.84 Å². The molecular formula is C15H22N4. The van der Waals surface area contributed by atoms with E-state index in [-0.39, 0.29) is 6.04 Å². The van der Waals surface area contributed by atoms with Crippen molar-refractivity contribution >= 4 is 0 Å². The van der Waals surface area contributed by atoms with Gasteiger partial charge in [-0.3, -0.25) is 16.0 Å². The molecule has 1 atom stereocenters. The highest BCUT2D eigenvalue weighted by Gasteiger charge is 2.14. The summed E-state index contributed by atoms with van der Waals surface area (Å²) in [7, 11) is 0. The summed E-state index contributed by atoms with van der Waals surface area (Å²) >= 11 is 0. The molecule has 1 aromatic carbocycles. The van der Waals surface area contributed by atoms with E-state index in [1.165, 1.54) is 11.1 Å². The first-order valence-electron chi connectivity index (χ1n) is 6.67. The van der Waals surface area contributed by atoms with Crippen molar-refractivity contribution in [3.63, 3.8) is 0 Å². The fourth-order valence-electron chi connectivity index (χ4n) is 2.22. The minimum absolute atomic E-state index is 0.0942. The maximum atomic E-state index is 5.70. The average Bonchev–Trinajstić information content (AvgIpc) is 2.86. The van der Waals surface area contributed by atoms with Crippen LogP contribution in [0.2, 0.25) is 0 Å². The molecule has 1 heterocycles. The van der Waals surface area contributed by atoms with Gasteiger partial charge in [-0.05, 0) is 38.0 Å². The van der Waals surface area contributed by atoms with E-state index >= 15 is 0 Å². The molecule has 1 aromatic heterocycles. The Labute approximate surface area is 114 Å². The lowest BCUT2D eigenvalue weighted by atomic mass is 9.98. The van der Waals surface area contributed by atoms with Crippen LogP contribution in [0.4, 0.5) is 0 Å². The zero-order valence-electron chi connectivity index (χ0n) is 11.8. The molecule has 0 aliphatic rings. The third-order valence-electron chi connectivity index (χ3n) is 3.37. The SMILES string of the molecule is Cc1ccccc1C(Cc1ccn(C(C)C)n1)NN. The van der Waals surface area contributed by atoms with Gasteiger partial charge in [0.05, 0.1) is 11.7 Å². The number of benzene rings is 1. The van der Waals surface area contributed by atoms with Crippen molar-refractivity contribution in [2.24, 2.45) is 5.84 Å². The molecule has 0 amide bonds. The molecule has 0 spiro atoms. The Balaban J connectivity index is 2.17. The fourth-order valence-corrected chi connectivity index (χ4v) is 2.22. The fraction of sp³-hybridized carbons (Fsp3) is 0.400. The Morgan fingerprint density at radius 2 is 2.00 bits per heavy atom. The quantitative estimate of drug-likeness (QED) is 0.640. The van der Waals surface area contributed by atoms with Gasteiger partial charge in [0.1, 0.15) is 0 Å². The van der Waals surface area contributed by atoms with Crippen LogP contribution >= 0.6 is 0 Å². The molecule has 0 fully saturated rings. The van der Waals surface area contributed by atoms with Gasteiger partial charge in [-0.1, -0.05) is 24.3 Å². The van der Waals surface area contributed by atoms with Gasteiger partial charge in [-0.25, -0.2) is 0 Å². The molecule has 0 saturated heterocycles. The van der Waals surface area contributed by atoms with E-state index < -0.39 is 0 Å². The van der Waals surface area contributed by atoms with E-state index in [0.29, 0.717) is 6.04 Å². The lowest BCUT2D eigenvalue weighted by molar-refractivity contribution is 0.506. The van der Waals surface area contributed by atoms with Gasteiger partial charge >= 0.3 is 0 Å². The highest BCUT2D eigenvalue weighted by atomic mass is 15.3. The minimum Gasteiger partial charge on any atom is -0.271 e. The summed E-state index contributed by atoms with van der Waals surface area (Å²) in [5.41, 5.74) is 6.42. The summed E-state index contributed by atoms with van der Waals surface area (Å²) in [6, 6.07) is 10.8. The Morgan fingerprint density at radius 1 is 1.26 bits per heavy atom. The second kappa shape index (κ2) is 5.99. The molecule has 0 aliphatic heterocycles. The molecule has 0 saturated carbocycles. The van der Waals surface area contributed by atoms with Crippen LogP contribution in [0.15, 0.2) is 36.5 Å². The number of aromatic nitrogens is 2. The van der Waals surface area contributed by atoms with Gasteiger partial charge in [-0.2, -0.15) is 5.10 Å². The van der Waals surface area contributed by atoms with Crippen molar-refractivity contribution in [2.45, 2.75) is 39.3 Å². The first-order chi connectivity index (χ1) is 9.11. The molecule has 19 heavy (non-hydrogen) atoms. The monoisotopic (exact) mass is 258 g/mol. The van der Waals surface area contributed by atoms with Gasteiger partial charge in [0.25, 0.3) is 0 Å². The maximum absolute atomic E-state index is 5.70. The van der Waals surface area contributed by atoms with Crippen molar-refractivity contribution in [3.8, 4) is 0 Å². The van der Waals surface area contributed by atoms with Crippen molar-refractivity contribution in [2.75, 3.05) is 0 Å². The number of nitrogens with one attached hydrogen (secondary N) is 1. The highest BCUT2D eigenvalue weighted by Crippen LogP contribution is 2.20. The van der Waals surface area contributed by atoms with Crippen LogP contribution in [0.1, 0.15) is 42.8 Å². The minimum atomic E-state index is 0.0942. The van der Waals surface area contributed by atoms with Gasteiger partial charge < -0.3 is 0 Å². The summed E-state index contributed by atoms with van der Waals surface area (Å²) < 4.78 is 1.97. The molecule has 4 nitrogen and oxygen atoms in total. The number of nitrogens with two attached hydrogens (primary N) is 1. The zero-order valence-corrected chi connectivity index (χ0v) is 11.8. The standard InChI is InChI=1S/C15H22N4/c1-11(2)19-9-8-13(18-19)10-15(17-16)14-7-5-4-6-12(14)3/h4-9,11,15,17H,10,16H2,1-3H3. The zero-order chi connectivity index (χ0) is 13.8. The second-order valence-electron chi connectivity index (χ2n) is 5.16. The van der Waals surface area contributed by atoms with E-state index in [1.807, 2.05) is 23.0 Å². The van der Waals surface area contributed by atoms with Crippen LogP contribution in [0, 0.1) is 6.92 Å². The van der Waals surface area contributed by atoms with Crippen LogP contribution in [-0.4, -0.2) is 9.78 Å². The molecule has 1 unspecified atom stereocenters. The highest BCUT2D eigenvalue weighted by molar-refractivity contribution is 5.29. The molecule has 2 aromatic rings. The third-order valence-corrected chi connectivity index (χ3v) is 3.37. The lowest BCUT2D eigenvalue weighted by Crippen LogP contribution is -2.30. The predicted molar refractivity (Wildman–Crippen MR) is 77.6 cm³/mol. The van der Waals surface area contributed by atoms with Gasteiger partial charge in [0.2, 0.25) is 0 Å². The van der Waals surface area contributed by atoms with E-state index in [0.717, 1.165) is 12.1 Å². The molecule has 4 heteroatoms. The number of hydrogen-bond acceptors (Lipinski definition) is 3. The first-order valence-corrected chi connectivity index (χ1v) is 6.67. The van der Waals surface area contributed by atoms with Crippen molar-refractivity contribution in [3.05, 3.63) is 53.3 Å². The van der Waals surface area contributed by atoms with Crippen molar-refractivity contribution in [1.29, 1.82) is 0 Å². The van der Waals surface area contributed by atoms with Gasteiger partial charge in [0.15, 0.2) is 0 Å². The molecule has 0 bridgehead atoms. The van der Waals surface area contributed by atoms with Crippen molar-refractivity contribution < 1.29 is 0 Å². The predicted octanol–water partition coefficient (Wildman–Crippen LogP) is 2.52. The van der Waals surface area contributed by atoms with Crippen LogP contribution in [-0.2, 0) is 6.42 Å². The van der Waals surface area contributed by atoms with Crippen LogP contribution in [0.3, 0.4) is 0 Å². The molecule has 0 radical (unpaired) electrons. The Morgan fingerprint density at radius 3 is 2.58 bits per heavy atom. The Kier molecular flexibility index (Phi) is 4.35. The molecule has 0 aliphatic carbocycles. The average molecular weight is 258 g/mol. The number of nitrogens with zero attached hydrogens (tertiary/aromatic N) is 2. The van der Waals surface area contributed by atoms with Crippen LogP contribution in [0.25, 0.3) is 0 Å². The third kappa shape index (κ3) is 3.22. The largest absolute Gasteiger partial charge is 0.271 e. The smallest absolute Gasteiger partial charge is 0.0644 e. The lowest BCUT2D eigenvalue weighted by Gasteiger charge is -2.17. The summed E-state index contributed by atoms with van der Waals surface area (Å²) in [5.74, 6) is 5.70. The Hall–Kier alpha value is -1.65. The number of rotatable bonds is 5. The summed E-state index contributed by atoms with van der Waals surface area (Å²) in [4.78, 5) is 0.